The zero-order valence-corrected chi connectivity index (χ0v) is 19.0. The Morgan fingerprint density at radius 2 is 2.17 bits per heavy atom. The van der Waals surface area contributed by atoms with Crippen LogP contribution in [0.4, 0.5) is 24.7 Å². The van der Waals surface area contributed by atoms with E-state index >= 15 is 0 Å². The van der Waals surface area contributed by atoms with Gasteiger partial charge >= 0.3 is 0 Å². The van der Waals surface area contributed by atoms with Gasteiger partial charge in [0, 0.05) is 30.3 Å². The number of halogens is 3. The van der Waals surface area contributed by atoms with E-state index in [0.29, 0.717) is 23.8 Å². The van der Waals surface area contributed by atoms with Crippen molar-refractivity contribution in [1.82, 2.24) is 15.2 Å². The number of ether oxygens (including phenoxy) is 1. The predicted molar refractivity (Wildman–Crippen MR) is 126 cm³/mol. The van der Waals surface area contributed by atoms with Gasteiger partial charge in [-0.3, -0.25) is 0 Å². The number of nitrogens with zero attached hydrogens (tertiary/aromatic N) is 4. The molecule has 0 amide bonds. The van der Waals surface area contributed by atoms with E-state index in [2.05, 4.69) is 27.1 Å². The van der Waals surface area contributed by atoms with Gasteiger partial charge in [0.2, 0.25) is 5.88 Å². The average molecular weight is 483 g/mol. The Kier molecular flexibility index (Phi) is 5.74. The van der Waals surface area contributed by atoms with Crippen molar-refractivity contribution in [2.24, 2.45) is 0 Å². The molecule has 1 fully saturated rings. The maximum Gasteiger partial charge on any atom is 0.263 e. The molecule has 0 unspecified atom stereocenters. The molecule has 10 heteroatoms. The number of alkyl halides is 2. The number of aromatic nitrogens is 3. The second-order valence-corrected chi connectivity index (χ2v) is 8.70. The molecule has 0 aliphatic carbocycles. The van der Waals surface area contributed by atoms with E-state index in [1.54, 1.807) is 17.2 Å². The maximum absolute atomic E-state index is 14.6. The quantitative estimate of drug-likeness (QED) is 0.527. The van der Waals surface area contributed by atoms with Crippen molar-refractivity contribution in [3.63, 3.8) is 0 Å². The molecule has 1 saturated heterocycles. The van der Waals surface area contributed by atoms with Crippen molar-refractivity contribution in [2.45, 2.75) is 37.8 Å². The Morgan fingerprint density at radius 3 is 2.91 bits per heavy atom. The van der Waals surface area contributed by atoms with Crippen molar-refractivity contribution in [3.05, 3.63) is 60.1 Å². The fourth-order valence-corrected chi connectivity index (χ4v) is 4.77. The number of hydrogen-bond donors (Lipinski definition) is 2. The van der Waals surface area contributed by atoms with Gasteiger partial charge in [-0.15, -0.1) is 10.2 Å². The van der Waals surface area contributed by atoms with Gasteiger partial charge in [0.25, 0.3) is 6.43 Å². The van der Waals surface area contributed by atoms with Crippen LogP contribution in [0, 0.1) is 5.82 Å². The number of phenols is 1. The Hall–Kier alpha value is -3.82. The second-order valence-electron chi connectivity index (χ2n) is 8.70. The van der Waals surface area contributed by atoms with E-state index in [9.17, 15) is 18.3 Å². The van der Waals surface area contributed by atoms with E-state index in [0.717, 1.165) is 17.2 Å². The molecule has 1 aromatic carbocycles. The first kappa shape index (κ1) is 22.9. The predicted octanol–water partition coefficient (Wildman–Crippen LogP) is 4.68. The van der Waals surface area contributed by atoms with Crippen LogP contribution in [0.2, 0.25) is 0 Å². The number of pyridine rings is 1. The number of fused-ring (bicyclic) bond motifs is 3. The second kappa shape index (κ2) is 8.75. The number of para-hydroxylation sites is 1. The van der Waals surface area contributed by atoms with Crippen molar-refractivity contribution >= 4 is 17.6 Å². The topological polar surface area (TPSA) is 83.4 Å². The lowest BCUT2D eigenvalue weighted by molar-refractivity contribution is 0.0528. The summed E-state index contributed by atoms with van der Waals surface area (Å²) in [6.07, 6.45) is 0.821. The number of aryl methyl sites for hydroxylation is 1. The lowest BCUT2D eigenvalue weighted by atomic mass is 9.93. The summed E-state index contributed by atoms with van der Waals surface area (Å²) in [4.78, 5) is 5.97. The number of anilines is 2. The van der Waals surface area contributed by atoms with E-state index in [1.807, 2.05) is 13.0 Å². The molecule has 182 valence electrons. The number of hydrogen-bond acceptors (Lipinski definition) is 7. The van der Waals surface area contributed by atoms with Crippen molar-refractivity contribution < 1.29 is 23.0 Å². The SMILES string of the molecule is C=Cc1cnc(O[C@H]2CN3c4cc(-c5cccc(F)c5O)nnc4NC[C@@]3(C(F)F)C2)c(CC)c1. The molecule has 2 aromatic heterocycles. The van der Waals surface area contributed by atoms with Crippen molar-refractivity contribution in [3.8, 4) is 22.9 Å². The Bertz CT molecular complexity index is 1290. The summed E-state index contributed by atoms with van der Waals surface area (Å²) in [6.45, 7) is 5.85. The fourth-order valence-electron chi connectivity index (χ4n) is 4.77. The molecule has 0 bridgehead atoms. The standard InChI is InChI=1S/C25H24F3N5O2/c1-3-14-8-15(4-2)23(29-11-14)35-16-10-25(24(27)28)13-30-22-20(33(25)12-16)9-19(31-32-22)17-6-5-7-18(26)21(17)34/h3,5-9,11,16,24,34H,1,4,10,12-13H2,2H3,(H,30,32)/t16-,25-/m1/s1. The van der Waals surface area contributed by atoms with Crippen LogP contribution < -0.4 is 15.0 Å². The number of nitrogens with one attached hydrogen (secondary N) is 1. The Labute approximate surface area is 200 Å². The summed E-state index contributed by atoms with van der Waals surface area (Å²) in [7, 11) is 0. The van der Waals surface area contributed by atoms with E-state index in [-0.39, 0.29) is 30.8 Å². The molecule has 4 heterocycles. The van der Waals surface area contributed by atoms with Crippen LogP contribution in [-0.4, -0.2) is 51.4 Å². The lowest BCUT2D eigenvalue weighted by Crippen LogP contribution is -2.57. The largest absolute Gasteiger partial charge is 0.504 e. The molecular formula is C25H24F3N5O2. The third kappa shape index (κ3) is 3.82. The summed E-state index contributed by atoms with van der Waals surface area (Å²) in [5.74, 6) is -0.629. The molecule has 3 aromatic rings. The molecule has 2 aliphatic heterocycles. The van der Waals surface area contributed by atoms with Crippen molar-refractivity contribution in [2.75, 3.05) is 23.3 Å². The molecule has 35 heavy (non-hydrogen) atoms. The van der Waals surface area contributed by atoms with Crippen LogP contribution in [0.25, 0.3) is 17.3 Å². The highest BCUT2D eigenvalue weighted by Crippen LogP contribution is 2.46. The van der Waals surface area contributed by atoms with Crippen LogP contribution >= 0.6 is 0 Å². The highest BCUT2D eigenvalue weighted by Gasteiger charge is 2.56. The summed E-state index contributed by atoms with van der Waals surface area (Å²) in [6, 6.07) is 7.51. The van der Waals surface area contributed by atoms with Gasteiger partial charge in [0.1, 0.15) is 11.6 Å². The fraction of sp³-hybridized carbons (Fsp3) is 0.320. The first-order chi connectivity index (χ1) is 16.9. The van der Waals surface area contributed by atoms with Crippen LogP contribution in [0.5, 0.6) is 11.6 Å². The first-order valence-corrected chi connectivity index (χ1v) is 11.3. The monoisotopic (exact) mass is 483 g/mol. The molecule has 5 rings (SSSR count). The molecule has 0 radical (unpaired) electrons. The van der Waals surface area contributed by atoms with Gasteiger partial charge in [0.15, 0.2) is 17.4 Å². The van der Waals surface area contributed by atoms with Crippen LogP contribution in [-0.2, 0) is 6.42 Å². The highest BCUT2D eigenvalue weighted by molar-refractivity contribution is 5.77. The Balaban J connectivity index is 1.51. The average Bonchev–Trinajstić information content (AvgIpc) is 3.26. The van der Waals surface area contributed by atoms with Gasteiger partial charge in [-0.05, 0) is 36.2 Å². The van der Waals surface area contributed by atoms with E-state index in [4.69, 9.17) is 4.74 Å². The number of rotatable bonds is 6. The summed E-state index contributed by atoms with van der Waals surface area (Å²) >= 11 is 0. The normalized spacial score (nSPS) is 20.8. The zero-order valence-electron chi connectivity index (χ0n) is 19.0. The summed E-state index contributed by atoms with van der Waals surface area (Å²) in [5, 5.41) is 21.3. The Morgan fingerprint density at radius 1 is 1.34 bits per heavy atom. The lowest BCUT2D eigenvalue weighted by Gasteiger charge is -2.43. The van der Waals surface area contributed by atoms with Crippen LogP contribution in [0.1, 0.15) is 24.5 Å². The number of phenolic OH excluding ortho intramolecular Hbond substituents is 1. The van der Waals surface area contributed by atoms with Gasteiger partial charge in [-0.1, -0.05) is 25.6 Å². The molecule has 0 spiro atoms. The molecule has 2 atom stereocenters. The minimum Gasteiger partial charge on any atom is -0.504 e. The minimum atomic E-state index is -2.68. The van der Waals surface area contributed by atoms with Crippen molar-refractivity contribution in [1.29, 1.82) is 0 Å². The summed E-state index contributed by atoms with van der Waals surface area (Å²) in [5.41, 5.74) is 0.877. The van der Waals surface area contributed by atoms with Crippen LogP contribution in [0.15, 0.2) is 43.1 Å². The molecule has 2 N–H and O–H groups in total. The third-order valence-corrected chi connectivity index (χ3v) is 6.64. The van der Waals surface area contributed by atoms with Gasteiger partial charge in [-0.2, -0.15) is 0 Å². The molecule has 0 saturated carbocycles. The van der Waals surface area contributed by atoms with Gasteiger partial charge in [0.05, 0.1) is 17.9 Å². The molecule has 2 aliphatic rings. The van der Waals surface area contributed by atoms with Gasteiger partial charge in [-0.25, -0.2) is 18.2 Å². The third-order valence-electron chi connectivity index (χ3n) is 6.64. The smallest absolute Gasteiger partial charge is 0.263 e. The highest BCUT2D eigenvalue weighted by atomic mass is 19.3. The molecule has 7 nitrogen and oxygen atoms in total. The number of aromatic hydroxyl groups is 1. The zero-order chi connectivity index (χ0) is 24.7. The van der Waals surface area contributed by atoms with E-state index in [1.165, 1.54) is 18.2 Å². The summed E-state index contributed by atoms with van der Waals surface area (Å²) < 4.78 is 49.2. The molecular weight excluding hydrogens is 459 g/mol. The minimum absolute atomic E-state index is 0.0414. The van der Waals surface area contributed by atoms with Gasteiger partial charge < -0.3 is 20.1 Å². The van der Waals surface area contributed by atoms with E-state index < -0.39 is 29.6 Å². The number of benzene rings is 1. The first-order valence-electron chi connectivity index (χ1n) is 11.3. The maximum atomic E-state index is 14.6. The van der Waals surface area contributed by atoms with Crippen LogP contribution in [0.3, 0.4) is 0 Å².